The van der Waals surface area contributed by atoms with Gasteiger partial charge < -0.3 is 9.90 Å². The molecular weight excluding hydrogens is 295 g/mol. The van der Waals surface area contributed by atoms with Crippen molar-refractivity contribution >= 4 is 5.97 Å². The van der Waals surface area contributed by atoms with E-state index in [2.05, 4.69) is 32.9 Å². The van der Waals surface area contributed by atoms with Gasteiger partial charge in [-0.25, -0.2) is 0 Å². The number of carboxylic acid groups (broad SMARTS) is 1. The van der Waals surface area contributed by atoms with Gasteiger partial charge in [0.2, 0.25) is 0 Å². The average Bonchev–Trinajstić information content (AvgIpc) is 2.46. The minimum Gasteiger partial charge on any atom is -0.550 e. The van der Waals surface area contributed by atoms with Gasteiger partial charge >= 0.3 is 29.6 Å². The second kappa shape index (κ2) is 6.69. The van der Waals surface area contributed by atoms with E-state index in [4.69, 9.17) is 0 Å². The van der Waals surface area contributed by atoms with Crippen LogP contribution in [0.25, 0.3) is 0 Å². The Morgan fingerprint density at radius 3 is 2.61 bits per heavy atom. The van der Waals surface area contributed by atoms with Gasteiger partial charge in [-0.2, -0.15) is 0 Å². The van der Waals surface area contributed by atoms with Crippen molar-refractivity contribution in [2.45, 2.75) is 66.2 Å². The summed E-state index contributed by atoms with van der Waals surface area (Å²) < 4.78 is 0. The van der Waals surface area contributed by atoms with Crippen molar-refractivity contribution in [2.75, 3.05) is 0 Å². The largest absolute Gasteiger partial charge is 1.00 e. The van der Waals surface area contributed by atoms with Crippen LogP contribution >= 0.6 is 0 Å². The van der Waals surface area contributed by atoms with Gasteiger partial charge in [-0.15, -0.1) is 0 Å². The summed E-state index contributed by atoms with van der Waals surface area (Å²) in [6.07, 6.45) is 11.0. The third kappa shape index (κ3) is 3.00. The van der Waals surface area contributed by atoms with Gasteiger partial charge in [0.15, 0.2) is 0 Å². The molecule has 0 spiro atoms. The SMILES string of the molecule is CC(C)C1=CC2=CCC3[C@](C)(C(=O)[O-])CCC[C@]3(C)[C@H]2CC1.[Na+]. The summed E-state index contributed by atoms with van der Waals surface area (Å²) in [5, 5.41) is 11.8. The predicted octanol–water partition coefficient (Wildman–Crippen LogP) is 0.876. The zero-order chi connectivity index (χ0) is 16.1. The van der Waals surface area contributed by atoms with Crippen LogP contribution in [0.1, 0.15) is 66.2 Å². The first-order chi connectivity index (χ1) is 10.3. The third-order valence-electron chi connectivity index (χ3n) is 7.05. The van der Waals surface area contributed by atoms with Gasteiger partial charge in [-0.1, -0.05) is 51.8 Å². The first-order valence-electron chi connectivity index (χ1n) is 8.91. The summed E-state index contributed by atoms with van der Waals surface area (Å²) in [7, 11) is 0. The Labute approximate surface area is 163 Å². The number of hydrogen-bond acceptors (Lipinski definition) is 2. The number of allylic oxidation sites excluding steroid dienone is 4. The molecule has 0 saturated heterocycles. The second-order valence-corrected chi connectivity index (χ2v) is 8.52. The molecule has 0 aromatic rings. The Bertz CT molecular complexity index is 548. The van der Waals surface area contributed by atoms with Crippen molar-refractivity contribution in [2.24, 2.45) is 28.6 Å². The first kappa shape index (κ1) is 19.3. The number of fused-ring (bicyclic) bond motifs is 3. The normalized spacial score (nSPS) is 39.5. The molecule has 4 atom stereocenters. The summed E-state index contributed by atoms with van der Waals surface area (Å²) >= 11 is 0. The molecule has 2 nitrogen and oxygen atoms in total. The molecule has 1 unspecified atom stereocenters. The van der Waals surface area contributed by atoms with E-state index in [-0.39, 0.29) is 40.9 Å². The van der Waals surface area contributed by atoms with Gasteiger partial charge in [-0.3, -0.25) is 0 Å². The maximum absolute atomic E-state index is 11.8. The molecule has 0 amide bonds. The molecule has 3 rings (SSSR count). The molecule has 0 N–H and O–H groups in total. The summed E-state index contributed by atoms with van der Waals surface area (Å²) in [6, 6.07) is 0. The van der Waals surface area contributed by atoms with E-state index in [9.17, 15) is 9.90 Å². The van der Waals surface area contributed by atoms with Crippen LogP contribution < -0.4 is 34.7 Å². The van der Waals surface area contributed by atoms with Crippen molar-refractivity contribution in [1.82, 2.24) is 0 Å². The topological polar surface area (TPSA) is 40.1 Å². The maximum atomic E-state index is 11.8. The molecule has 0 radical (unpaired) electrons. The van der Waals surface area contributed by atoms with Crippen molar-refractivity contribution in [3.8, 4) is 0 Å². The molecule has 3 aliphatic carbocycles. The van der Waals surface area contributed by atoms with E-state index >= 15 is 0 Å². The second-order valence-electron chi connectivity index (χ2n) is 8.52. The van der Waals surface area contributed by atoms with Crippen molar-refractivity contribution in [3.63, 3.8) is 0 Å². The molecule has 3 aliphatic rings. The Kier molecular flexibility index (Phi) is 5.61. The number of carboxylic acids is 1. The van der Waals surface area contributed by atoms with E-state index < -0.39 is 11.4 Å². The molecule has 0 aromatic heterocycles. The monoisotopic (exact) mass is 324 g/mol. The standard InChI is InChI=1S/C20H30O2.Na/c1-13(2)14-6-8-16-15(12-14)7-9-17-19(16,3)10-5-11-20(17,4)18(21)22;/h7,12-13,16-17H,5-6,8-11H2,1-4H3,(H,21,22);/q;+1/p-1/t16-,17?,19+,20+;/m0./s1. The van der Waals surface area contributed by atoms with E-state index in [1.807, 2.05) is 6.92 Å². The molecule has 23 heavy (non-hydrogen) atoms. The average molecular weight is 324 g/mol. The molecular formula is C20H29NaO2. The third-order valence-corrected chi connectivity index (χ3v) is 7.05. The molecule has 0 heterocycles. The van der Waals surface area contributed by atoms with Crippen LogP contribution in [0.5, 0.6) is 0 Å². The van der Waals surface area contributed by atoms with Crippen molar-refractivity contribution < 1.29 is 39.5 Å². The molecule has 0 aliphatic heterocycles. The van der Waals surface area contributed by atoms with Crippen LogP contribution in [0.3, 0.4) is 0 Å². The smallest absolute Gasteiger partial charge is 0.550 e. The van der Waals surface area contributed by atoms with Crippen LogP contribution in [-0.4, -0.2) is 5.97 Å². The molecule has 1 fully saturated rings. The van der Waals surface area contributed by atoms with Crippen LogP contribution in [-0.2, 0) is 4.79 Å². The Morgan fingerprint density at radius 1 is 1.30 bits per heavy atom. The number of rotatable bonds is 2. The van der Waals surface area contributed by atoms with Gasteiger partial charge in [0.1, 0.15) is 0 Å². The first-order valence-corrected chi connectivity index (χ1v) is 8.91. The predicted molar refractivity (Wildman–Crippen MR) is 86.9 cm³/mol. The minimum atomic E-state index is -0.838. The molecule has 3 heteroatoms. The molecule has 1 saturated carbocycles. The molecule has 0 aromatic carbocycles. The molecule has 122 valence electrons. The summed E-state index contributed by atoms with van der Waals surface area (Å²) in [5.74, 6) is 0.538. The Morgan fingerprint density at radius 2 is 2.00 bits per heavy atom. The summed E-state index contributed by atoms with van der Waals surface area (Å²) in [6.45, 7) is 8.83. The van der Waals surface area contributed by atoms with Crippen LogP contribution in [0.15, 0.2) is 23.3 Å². The quantitative estimate of drug-likeness (QED) is 0.708. The van der Waals surface area contributed by atoms with Gasteiger partial charge in [0.25, 0.3) is 0 Å². The van der Waals surface area contributed by atoms with Gasteiger partial charge in [-0.05, 0) is 60.8 Å². The Balaban J connectivity index is 0.00000192. The number of carbonyl (C=O) groups is 1. The van der Waals surface area contributed by atoms with E-state index in [1.54, 1.807) is 5.57 Å². The fraction of sp³-hybridized carbons (Fsp3) is 0.750. The van der Waals surface area contributed by atoms with Crippen molar-refractivity contribution in [3.05, 3.63) is 23.3 Å². The fourth-order valence-corrected chi connectivity index (χ4v) is 5.59. The maximum Gasteiger partial charge on any atom is 1.00 e. The van der Waals surface area contributed by atoms with Gasteiger partial charge in [0.05, 0.1) is 0 Å². The zero-order valence-corrected chi connectivity index (χ0v) is 17.4. The van der Waals surface area contributed by atoms with Gasteiger partial charge in [0, 0.05) is 11.4 Å². The molecule has 0 bridgehead atoms. The Hall–Kier alpha value is -0.0500. The number of hydrogen-bond donors (Lipinski definition) is 0. The van der Waals surface area contributed by atoms with Crippen LogP contribution in [0, 0.1) is 28.6 Å². The van der Waals surface area contributed by atoms with Crippen LogP contribution in [0.2, 0.25) is 0 Å². The van der Waals surface area contributed by atoms with E-state index in [0.717, 1.165) is 25.7 Å². The summed E-state index contributed by atoms with van der Waals surface area (Å²) in [5.41, 5.74) is 2.51. The van der Waals surface area contributed by atoms with E-state index in [0.29, 0.717) is 11.8 Å². The van der Waals surface area contributed by atoms with Crippen LogP contribution in [0.4, 0.5) is 0 Å². The number of carbonyl (C=O) groups excluding carboxylic acids is 1. The summed E-state index contributed by atoms with van der Waals surface area (Å²) in [4.78, 5) is 11.8. The fourth-order valence-electron chi connectivity index (χ4n) is 5.59. The number of aliphatic carboxylic acids is 1. The van der Waals surface area contributed by atoms with Crippen molar-refractivity contribution in [1.29, 1.82) is 0 Å². The minimum absolute atomic E-state index is 0. The zero-order valence-electron chi connectivity index (χ0n) is 15.4. The van der Waals surface area contributed by atoms with E-state index in [1.165, 1.54) is 18.4 Å².